The van der Waals surface area contributed by atoms with Crippen molar-refractivity contribution in [3.8, 4) is 0 Å². The molecule has 0 aromatic rings. The highest BCUT2D eigenvalue weighted by Crippen LogP contribution is 2.20. The third kappa shape index (κ3) is 9.00. The van der Waals surface area contributed by atoms with Crippen LogP contribution in [0.2, 0.25) is 0 Å². The van der Waals surface area contributed by atoms with Gasteiger partial charge < -0.3 is 20.3 Å². The lowest BCUT2D eigenvalue weighted by Gasteiger charge is -2.26. The first-order valence-electron chi connectivity index (χ1n) is 7.92. The first kappa shape index (κ1) is 20.9. The van der Waals surface area contributed by atoms with Crippen LogP contribution < -0.4 is 5.32 Å². The summed E-state index contributed by atoms with van der Waals surface area (Å²) in [5.41, 5.74) is -1.11. The Morgan fingerprint density at radius 1 is 1.18 bits per heavy atom. The molecule has 0 aromatic carbocycles. The van der Waals surface area contributed by atoms with Crippen LogP contribution in [0.4, 0.5) is 0 Å². The van der Waals surface area contributed by atoms with Crippen LogP contribution in [0.25, 0.3) is 0 Å². The van der Waals surface area contributed by atoms with Crippen LogP contribution in [0.15, 0.2) is 0 Å². The van der Waals surface area contributed by atoms with E-state index in [2.05, 4.69) is 5.32 Å². The van der Waals surface area contributed by atoms with E-state index in [1.807, 2.05) is 6.92 Å². The third-order valence-electron chi connectivity index (χ3n) is 3.65. The summed E-state index contributed by atoms with van der Waals surface area (Å²) < 4.78 is 4.95. The normalized spacial score (nSPS) is 15.8. The second kappa shape index (κ2) is 9.79. The van der Waals surface area contributed by atoms with Crippen molar-refractivity contribution in [3.63, 3.8) is 0 Å². The van der Waals surface area contributed by atoms with Crippen molar-refractivity contribution in [2.24, 2.45) is 5.92 Å². The number of ether oxygens (including phenoxy) is 1. The van der Waals surface area contributed by atoms with E-state index < -0.39 is 23.7 Å². The Labute approximate surface area is 133 Å². The maximum absolute atomic E-state index is 11.8. The molecule has 0 radical (unpaired) electrons. The zero-order valence-corrected chi connectivity index (χ0v) is 14.4. The van der Waals surface area contributed by atoms with Crippen LogP contribution in [0.1, 0.15) is 60.3 Å². The molecule has 0 saturated heterocycles. The van der Waals surface area contributed by atoms with Crippen LogP contribution in [-0.4, -0.2) is 46.4 Å². The van der Waals surface area contributed by atoms with E-state index in [1.54, 1.807) is 20.8 Å². The number of nitrogens with one attached hydrogen (secondary N) is 1. The van der Waals surface area contributed by atoms with Gasteiger partial charge in [-0.1, -0.05) is 6.92 Å². The summed E-state index contributed by atoms with van der Waals surface area (Å²) in [6, 6.07) is -0.626. The van der Waals surface area contributed by atoms with Gasteiger partial charge in [-0.25, -0.2) is 4.79 Å². The van der Waals surface area contributed by atoms with Gasteiger partial charge in [-0.05, 0) is 52.4 Å². The van der Waals surface area contributed by atoms with Gasteiger partial charge in [0.15, 0.2) is 0 Å². The van der Waals surface area contributed by atoms with Gasteiger partial charge in [-0.15, -0.1) is 0 Å². The maximum Gasteiger partial charge on any atom is 0.328 e. The molecule has 1 amide bonds. The van der Waals surface area contributed by atoms with Crippen molar-refractivity contribution in [2.75, 3.05) is 6.61 Å². The van der Waals surface area contributed by atoms with E-state index in [9.17, 15) is 19.8 Å². The Bertz CT molecular complexity index is 351. The molecule has 0 rings (SSSR count). The van der Waals surface area contributed by atoms with Gasteiger partial charge >= 0.3 is 5.97 Å². The van der Waals surface area contributed by atoms with Gasteiger partial charge in [-0.3, -0.25) is 4.79 Å². The monoisotopic (exact) mass is 317 g/mol. The van der Waals surface area contributed by atoms with Crippen LogP contribution in [0, 0.1) is 5.92 Å². The van der Waals surface area contributed by atoms with E-state index in [-0.39, 0.29) is 18.4 Å². The quantitative estimate of drug-likeness (QED) is 0.529. The lowest BCUT2D eigenvalue weighted by atomic mass is 9.91. The number of carbonyl (C=O) groups is 2. The molecule has 0 aliphatic carbocycles. The van der Waals surface area contributed by atoms with Crippen LogP contribution in [0.3, 0.4) is 0 Å². The van der Waals surface area contributed by atoms with Crippen molar-refractivity contribution in [1.82, 2.24) is 5.32 Å². The molecular weight excluding hydrogens is 286 g/mol. The molecule has 0 spiro atoms. The van der Waals surface area contributed by atoms with Crippen molar-refractivity contribution in [1.29, 1.82) is 0 Å². The van der Waals surface area contributed by atoms with Crippen molar-refractivity contribution in [2.45, 2.75) is 78.0 Å². The lowest BCUT2D eigenvalue weighted by Crippen LogP contribution is -2.41. The second-order valence-corrected chi connectivity index (χ2v) is 6.43. The first-order chi connectivity index (χ1) is 10.1. The summed E-state index contributed by atoms with van der Waals surface area (Å²) in [6.07, 6.45) is 1.68. The molecule has 1 unspecified atom stereocenters. The Morgan fingerprint density at radius 2 is 1.73 bits per heavy atom. The topological polar surface area (TPSA) is 95.9 Å². The number of carbonyl (C=O) groups excluding carboxylic acids is 2. The lowest BCUT2D eigenvalue weighted by molar-refractivity contribution is -0.147. The SMILES string of the molecule is CCOC(=O)[C@H](CC[C@H](C)CCC(O)C(C)(C)O)NC(C)=O. The van der Waals surface area contributed by atoms with E-state index in [4.69, 9.17) is 4.74 Å². The fourth-order valence-corrected chi connectivity index (χ4v) is 2.13. The molecule has 0 aliphatic heterocycles. The Balaban J connectivity index is 4.28. The Morgan fingerprint density at radius 3 is 2.18 bits per heavy atom. The average molecular weight is 317 g/mol. The molecule has 3 N–H and O–H groups in total. The summed E-state index contributed by atoms with van der Waals surface area (Å²) in [6.45, 7) is 8.56. The summed E-state index contributed by atoms with van der Waals surface area (Å²) in [5, 5.41) is 22.1. The van der Waals surface area contributed by atoms with Gasteiger partial charge in [0.1, 0.15) is 6.04 Å². The fraction of sp³-hybridized carbons (Fsp3) is 0.875. The second-order valence-electron chi connectivity index (χ2n) is 6.43. The number of rotatable bonds is 10. The Kier molecular flexibility index (Phi) is 9.28. The molecule has 0 heterocycles. The number of amides is 1. The average Bonchev–Trinajstić information content (AvgIpc) is 2.39. The number of aliphatic hydroxyl groups excluding tert-OH is 1. The van der Waals surface area contributed by atoms with Crippen LogP contribution in [-0.2, 0) is 14.3 Å². The molecule has 6 heteroatoms. The van der Waals surface area contributed by atoms with Gasteiger partial charge in [0.05, 0.1) is 18.3 Å². The first-order valence-corrected chi connectivity index (χ1v) is 7.92. The van der Waals surface area contributed by atoms with Gasteiger partial charge in [0, 0.05) is 6.92 Å². The highest BCUT2D eigenvalue weighted by molar-refractivity contribution is 5.83. The van der Waals surface area contributed by atoms with Crippen LogP contribution >= 0.6 is 0 Å². The Hall–Kier alpha value is -1.14. The minimum Gasteiger partial charge on any atom is -0.464 e. The van der Waals surface area contributed by atoms with Gasteiger partial charge in [0.2, 0.25) is 5.91 Å². The molecular formula is C16H31NO5. The maximum atomic E-state index is 11.8. The molecule has 0 saturated carbocycles. The van der Waals surface area contributed by atoms with E-state index in [0.29, 0.717) is 12.8 Å². The standard InChI is InChI=1S/C16H31NO5/c1-6-22-15(20)13(17-12(3)18)9-7-11(2)8-10-14(19)16(4,5)21/h11,13-14,19,21H,6-10H2,1-5H3,(H,17,18)/t11-,13-,14?/m0/s1. The zero-order valence-electron chi connectivity index (χ0n) is 14.4. The van der Waals surface area contributed by atoms with Crippen molar-refractivity contribution in [3.05, 3.63) is 0 Å². The number of esters is 1. The van der Waals surface area contributed by atoms with E-state index >= 15 is 0 Å². The minimum atomic E-state index is -1.11. The third-order valence-corrected chi connectivity index (χ3v) is 3.65. The molecule has 0 aromatic heterocycles. The number of aliphatic hydroxyl groups is 2. The van der Waals surface area contributed by atoms with Crippen LogP contribution in [0.5, 0.6) is 0 Å². The predicted molar refractivity (Wildman–Crippen MR) is 84.2 cm³/mol. The van der Waals surface area contributed by atoms with E-state index in [0.717, 1.165) is 12.8 Å². The zero-order chi connectivity index (χ0) is 17.3. The molecule has 0 bridgehead atoms. The minimum absolute atomic E-state index is 0.261. The summed E-state index contributed by atoms with van der Waals surface area (Å²) in [5.74, 6) is -0.410. The number of hydrogen-bond donors (Lipinski definition) is 3. The molecule has 130 valence electrons. The highest BCUT2D eigenvalue weighted by Gasteiger charge is 2.25. The predicted octanol–water partition coefficient (Wildman–Crippen LogP) is 1.38. The summed E-state index contributed by atoms with van der Waals surface area (Å²) in [7, 11) is 0. The summed E-state index contributed by atoms with van der Waals surface area (Å²) in [4.78, 5) is 22.9. The smallest absolute Gasteiger partial charge is 0.328 e. The fourth-order valence-electron chi connectivity index (χ4n) is 2.13. The van der Waals surface area contributed by atoms with Crippen molar-refractivity contribution < 1.29 is 24.5 Å². The largest absolute Gasteiger partial charge is 0.464 e. The molecule has 6 nitrogen and oxygen atoms in total. The molecule has 22 heavy (non-hydrogen) atoms. The van der Waals surface area contributed by atoms with E-state index in [1.165, 1.54) is 6.92 Å². The molecule has 0 fully saturated rings. The highest BCUT2D eigenvalue weighted by atomic mass is 16.5. The summed E-state index contributed by atoms with van der Waals surface area (Å²) >= 11 is 0. The molecule has 0 aliphatic rings. The number of hydrogen-bond acceptors (Lipinski definition) is 5. The van der Waals surface area contributed by atoms with Crippen molar-refractivity contribution >= 4 is 11.9 Å². The van der Waals surface area contributed by atoms with Gasteiger partial charge in [-0.2, -0.15) is 0 Å². The van der Waals surface area contributed by atoms with Gasteiger partial charge in [0.25, 0.3) is 0 Å². The molecule has 3 atom stereocenters.